The molecule has 0 fully saturated rings. The van der Waals surface area contributed by atoms with Gasteiger partial charge in [-0.3, -0.25) is 0 Å². The molecule has 10 aromatic rings. The molecule has 0 unspecified atom stereocenters. The number of benzene rings is 8. The van der Waals surface area contributed by atoms with Crippen molar-refractivity contribution in [1.29, 1.82) is 0 Å². The molecule has 0 saturated carbocycles. The van der Waals surface area contributed by atoms with Gasteiger partial charge in [0.15, 0.2) is 11.4 Å². The van der Waals surface area contributed by atoms with Gasteiger partial charge in [-0.05, 0) is 71.6 Å². The zero-order valence-electron chi connectivity index (χ0n) is 53.9. The smallest absolute Gasteiger partial charge is 0.186 e. The summed E-state index contributed by atoms with van der Waals surface area (Å²) in [7, 11) is 0. The predicted octanol–water partition coefficient (Wildman–Crippen LogP) is 20.9. The van der Waals surface area contributed by atoms with Crippen LogP contribution in [0.15, 0.2) is 204 Å². The summed E-state index contributed by atoms with van der Waals surface area (Å²) in [6.07, 6.45) is 4.12. The SMILES string of the molecule is CC(C)c1cccc(C(C)C)c1-n1c(C=NN=Cc2c(-c3ccccc3)[n+](-c3c(C(C)C)cccc3C(C)C)c(-c3ccccc3)n2-c2c(C(C)C)cccc2C(C)C)c(-c2ccccc2)[n+](-c2c(C(C)C)cccc2C(C)C)c1-c1ccccc1. The van der Waals surface area contributed by atoms with E-state index in [-0.39, 0.29) is 47.3 Å². The van der Waals surface area contributed by atoms with Crippen LogP contribution in [0.1, 0.15) is 214 Å². The Morgan fingerprint density at radius 2 is 0.488 bits per heavy atom. The first-order chi connectivity index (χ1) is 41.4. The Morgan fingerprint density at radius 3 is 0.721 bits per heavy atom. The maximum Gasteiger partial charge on any atom is 0.300 e. The molecule has 0 radical (unpaired) electrons. The van der Waals surface area contributed by atoms with Crippen LogP contribution < -0.4 is 9.13 Å². The van der Waals surface area contributed by atoms with Gasteiger partial charge in [0.25, 0.3) is 11.6 Å². The molecular formula is C80H90N6+2. The van der Waals surface area contributed by atoms with Gasteiger partial charge < -0.3 is 0 Å². The number of para-hydroxylation sites is 4. The highest BCUT2D eigenvalue weighted by molar-refractivity contribution is 5.92. The van der Waals surface area contributed by atoms with Gasteiger partial charge >= 0.3 is 0 Å². The van der Waals surface area contributed by atoms with Crippen molar-refractivity contribution >= 4 is 12.4 Å². The van der Waals surface area contributed by atoms with Crippen molar-refractivity contribution in [1.82, 2.24) is 9.13 Å². The van der Waals surface area contributed by atoms with Gasteiger partial charge in [0.05, 0.1) is 11.1 Å². The van der Waals surface area contributed by atoms with Crippen LogP contribution in [0.2, 0.25) is 0 Å². The van der Waals surface area contributed by atoms with E-state index in [9.17, 15) is 0 Å². The Labute approximate surface area is 514 Å². The molecule has 10 rings (SSSR count). The van der Waals surface area contributed by atoms with Gasteiger partial charge in [0.1, 0.15) is 35.2 Å². The number of nitrogens with zero attached hydrogens (tertiary/aromatic N) is 6. The first kappa shape index (κ1) is 60.6. The average Bonchev–Trinajstić information content (AvgIpc) is 1.57. The van der Waals surface area contributed by atoms with Gasteiger partial charge in [-0.1, -0.05) is 281 Å². The normalized spacial score (nSPS) is 12.2. The first-order valence-electron chi connectivity index (χ1n) is 31.6. The molecule has 0 N–H and O–H groups in total. The molecule has 0 aliphatic rings. The average molecular weight is 1140 g/mol. The molecule has 0 spiro atoms. The van der Waals surface area contributed by atoms with Crippen LogP contribution in [0.5, 0.6) is 0 Å². The molecule has 0 atom stereocenters. The van der Waals surface area contributed by atoms with E-state index in [4.69, 9.17) is 10.2 Å². The summed E-state index contributed by atoms with van der Waals surface area (Å²) in [5.41, 5.74) is 23.3. The topological polar surface area (TPSA) is 42.3 Å². The fourth-order valence-electron chi connectivity index (χ4n) is 12.9. The maximum absolute atomic E-state index is 5.46. The van der Waals surface area contributed by atoms with E-state index < -0.39 is 0 Å². The molecule has 0 aliphatic carbocycles. The van der Waals surface area contributed by atoms with Crippen molar-refractivity contribution < 1.29 is 9.13 Å². The van der Waals surface area contributed by atoms with Crippen LogP contribution in [-0.2, 0) is 0 Å². The minimum Gasteiger partial charge on any atom is -0.186 e. The second-order valence-electron chi connectivity index (χ2n) is 25.8. The number of aromatic nitrogens is 4. The molecular weight excluding hydrogens is 1040 g/mol. The lowest BCUT2D eigenvalue weighted by atomic mass is 9.91. The number of hydrogen-bond acceptors (Lipinski definition) is 2. The van der Waals surface area contributed by atoms with Crippen molar-refractivity contribution in [3.8, 4) is 68.0 Å². The second-order valence-corrected chi connectivity index (χ2v) is 25.8. The summed E-state index contributed by atoms with van der Waals surface area (Å²) in [6, 6.07) is 71.6. The fourth-order valence-corrected chi connectivity index (χ4v) is 12.9. The molecule has 0 saturated heterocycles. The van der Waals surface area contributed by atoms with Crippen molar-refractivity contribution in [2.45, 2.75) is 158 Å². The zero-order valence-corrected chi connectivity index (χ0v) is 53.9. The third-order valence-corrected chi connectivity index (χ3v) is 17.1. The summed E-state index contributed by atoms with van der Waals surface area (Å²) in [5.74, 6) is 3.84. The monoisotopic (exact) mass is 1130 g/mol. The largest absolute Gasteiger partial charge is 0.300 e. The molecule has 2 aromatic heterocycles. The third-order valence-electron chi connectivity index (χ3n) is 17.1. The highest BCUT2D eigenvalue weighted by atomic mass is 15.3. The fraction of sp³-hybridized carbons (Fsp3) is 0.300. The second kappa shape index (κ2) is 26.0. The number of imidazole rings is 2. The van der Waals surface area contributed by atoms with Crippen molar-refractivity contribution in [3.63, 3.8) is 0 Å². The molecule has 86 heavy (non-hydrogen) atoms. The van der Waals surface area contributed by atoms with Crippen LogP contribution in [0.4, 0.5) is 0 Å². The Bertz CT molecular complexity index is 3670. The minimum atomic E-state index is 0.205. The Balaban J connectivity index is 1.43. The molecule has 0 amide bonds. The van der Waals surface area contributed by atoms with Gasteiger partial charge in [-0.25, -0.2) is 0 Å². The van der Waals surface area contributed by atoms with Crippen molar-refractivity contribution in [3.05, 3.63) is 250 Å². The van der Waals surface area contributed by atoms with E-state index >= 15 is 0 Å². The Morgan fingerprint density at radius 1 is 0.267 bits per heavy atom. The Hall–Kier alpha value is -8.48. The standard InChI is InChI=1S/C80H90N6/c1-51(2)63-41-29-42-64(52(3)4)75(63)83-71(73(59-33-21-17-22-34-59)85(79(83)61-37-25-19-26-38-61)77-67(55(9)10)45-31-46-68(77)56(11)12)49-81-82-50-72-74(60-35-23-18-24-36-60)86(78-69(57(13)14)47-32-48-70(78)58(15)16)80(62-39-27-20-28-40-62)84(72)76-65(53(5)6)43-30-44-66(76)54(7)8/h17-58H,1-16H3/q+2. The third kappa shape index (κ3) is 11.6. The molecule has 8 aromatic carbocycles. The van der Waals surface area contributed by atoms with E-state index in [1.54, 1.807) is 0 Å². The van der Waals surface area contributed by atoms with E-state index in [1.165, 1.54) is 67.3 Å². The number of rotatable bonds is 19. The first-order valence-corrected chi connectivity index (χ1v) is 31.6. The van der Waals surface area contributed by atoms with Gasteiger partial charge in [-0.2, -0.15) is 28.5 Å². The van der Waals surface area contributed by atoms with E-state index in [0.717, 1.165) is 56.7 Å². The quantitative estimate of drug-likeness (QED) is 0.0440. The molecule has 2 heterocycles. The molecule has 6 nitrogen and oxygen atoms in total. The molecule has 438 valence electrons. The van der Waals surface area contributed by atoms with Gasteiger partial charge in [0, 0.05) is 55.6 Å². The highest BCUT2D eigenvalue weighted by Crippen LogP contribution is 2.43. The van der Waals surface area contributed by atoms with Crippen LogP contribution >= 0.6 is 0 Å². The maximum atomic E-state index is 5.46. The van der Waals surface area contributed by atoms with Crippen molar-refractivity contribution in [2.24, 2.45) is 10.2 Å². The minimum absolute atomic E-state index is 0.205. The zero-order chi connectivity index (χ0) is 61.1. The lowest BCUT2D eigenvalue weighted by molar-refractivity contribution is -0.572. The summed E-state index contributed by atoms with van der Waals surface area (Å²) < 4.78 is 10.3. The van der Waals surface area contributed by atoms with Crippen LogP contribution in [0.3, 0.4) is 0 Å². The van der Waals surface area contributed by atoms with Gasteiger partial charge in [-0.15, -0.1) is 0 Å². The van der Waals surface area contributed by atoms with Crippen LogP contribution in [0, 0.1) is 0 Å². The van der Waals surface area contributed by atoms with E-state index in [1.807, 2.05) is 0 Å². The number of hydrogen-bond donors (Lipinski definition) is 0. The van der Waals surface area contributed by atoms with E-state index in [0.29, 0.717) is 0 Å². The summed E-state index contributed by atoms with van der Waals surface area (Å²) in [4.78, 5) is 0. The van der Waals surface area contributed by atoms with Crippen LogP contribution in [-0.4, -0.2) is 21.6 Å². The van der Waals surface area contributed by atoms with Crippen molar-refractivity contribution in [2.75, 3.05) is 0 Å². The lowest BCUT2D eigenvalue weighted by Crippen LogP contribution is -2.38. The summed E-state index contributed by atoms with van der Waals surface area (Å²) in [6.45, 7) is 37.2. The lowest BCUT2D eigenvalue weighted by Gasteiger charge is -2.20. The Kier molecular flexibility index (Phi) is 18.3. The van der Waals surface area contributed by atoms with Crippen LogP contribution in [0.25, 0.3) is 68.0 Å². The van der Waals surface area contributed by atoms with Gasteiger partial charge in [0.2, 0.25) is 11.4 Å². The highest BCUT2D eigenvalue weighted by Gasteiger charge is 2.41. The summed E-state index contributed by atoms with van der Waals surface area (Å²) >= 11 is 0. The molecule has 0 bridgehead atoms. The molecule has 0 aliphatic heterocycles. The van der Waals surface area contributed by atoms with E-state index in [2.05, 4.69) is 336 Å². The predicted molar refractivity (Wildman–Crippen MR) is 364 cm³/mol. The summed E-state index contributed by atoms with van der Waals surface area (Å²) in [5, 5.41) is 10.9. The molecule has 6 heteroatoms.